The molecule has 0 N–H and O–H groups in total. The first kappa shape index (κ1) is 16.5. The lowest BCUT2D eigenvalue weighted by atomic mass is 10.0. The Bertz CT molecular complexity index is 857. The van der Waals surface area contributed by atoms with Gasteiger partial charge in [0.1, 0.15) is 0 Å². The Balaban J connectivity index is 1.77. The van der Waals surface area contributed by atoms with Crippen LogP contribution in [0, 0.1) is 0 Å². The predicted molar refractivity (Wildman–Crippen MR) is 104 cm³/mol. The van der Waals surface area contributed by atoms with E-state index in [-0.39, 0.29) is 5.91 Å². The van der Waals surface area contributed by atoms with Crippen LogP contribution < -0.4 is 9.80 Å². The van der Waals surface area contributed by atoms with Gasteiger partial charge < -0.3 is 4.90 Å². The second-order valence-electron chi connectivity index (χ2n) is 6.37. The van der Waals surface area contributed by atoms with Gasteiger partial charge in [-0.2, -0.15) is 0 Å². The van der Waals surface area contributed by atoms with Gasteiger partial charge in [0.2, 0.25) is 0 Å². The monoisotopic (exact) mass is 372 g/mol. The minimum absolute atomic E-state index is 0.0950. The van der Waals surface area contributed by atoms with E-state index in [4.69, 9.17) is 23.2 Å². The topological polar surface area (TPSA) is 23.6 Å². The Labute approximate surface area is 157 Å². The van der Waals surface area contributed by atoms with Gasteiger partial charge in [0.15, 0.2) is 0 Å². The first-order chi connectivity index (χ1) is 12.1. The number of fused-ring (bicyclic) bond motifs is 1. The summed E-state index contributed by atoms with van der Waals surface area (Å²) in [4.78, 5) is 17.3. The summed E-state index contributed by atoms with van der Waals surface area (Å²) < 4.78 is 0. The first-order valence-corrected chi connectivity index (χ1v) is 9.23. The number of benzene rings is 2. The highest BCUT2D eigenvalue weighted by Crippen LogP contribution is 2.38. The van der Waals surface area contributed by atoms with Crippen molar-refractivity contribution in [3.63, 3.8) is 0 Å². The number of allylic oxidation sites excluding steroid dienone is 1. The molecule has 1 fully saturated rings. The zero-order valence-corrected chi connectivity index (χ0v) is 15.2. The van der Waals surface area contributed by atoms with Gasteiger partial charge in [-0.25, -0.2) is 0 Å². The molecule has 0 spiro atoms. The molecule has 1 saturated heterocycles. The fourth-order valence-electron chi connectivity index (χ4n) is 3.53. The number of rotatable bonds is 2. The van der Waals surface area contributed by atoms with Crippen molar-refractivity contribution in [2.75, 3.05) is 22.9 Å². The largest absolute Gasteiger partial charge is 0.370 e. The minimum atomic E-state index is -0.0950. The highest BCUT2D eigenvalue weighted by molar-refractivity contribution is 6.42. The van der Waals surface area contributed by atoms with Crippen molar-refractivity contribution in [3.8, 4) is 0 Å². The summed E-state index contributed by atoms with van der Waals surface area (Å²) in [6.45, 7) is 2.07. The van der Waals surface area contributed by atoms with Crippen molar-refractivity contribution in [1.29, 1.82) is 0 Å². The smallest absolute Gasteiger partial charge is 0.262 e. The van der Waals surface area contributed by atoms with Crippen LogP contribution in [0.3, 0.4) is 0 Å². The number of nitrogens with zero attached hydrogens (tertiary/aromatic N) is 2. The molecule has 5 heteroatoms. The van der Waals surface area contributed by atoms with Crippen LogP contribution in [0.4, 0.5) is 11.4 Å². The van der Waals surface area contributed by atoms with Crippen LogP contribution in [0.1, 0.15) is 28.8 Å². The van der Waals surface area contributed by atoms with Crippen molar-refractivity contribution in [2.45, 2.75) is 19.3 Å². The van der Waals surface area contributed by atoms with Crippen molar-refractivity contribution in [1.82, 2.24) is 0 Å². The average molecular weight is 373 g/mol. The SMILES string of the molecule is O=C(c1ccc(Cl)c(Cl)c1)N1C=CCc2cccc(N3CCCC3)c21. The highest BCUT2D eigenvalue weighted by Gasteiger charge is 2.27. The summed E-state index contributed by atoms with van der Waals surface area (Å²) in [7, 11) is 0. The van der Waals surface area contributed by atoms with Crippen LogP contribution in [0.25, 0.3) is 0 Å². The number of carbonyl (C=O) groups excluding carboxylic acids is 1. The van der Waals surface area contributed by atoms with Crippen molar-refractivity contribution < 1.29 is 4.79 Å². The van der Waals surface area contributed by atoms with Gasteiger partial charge in [-0.05, 0) is 49.1 Å². The van der Waals surface area contributed by atoms with Gasteiger partial charge in [0.25, 0.3) is 5.91 Å². The maximum Gasteiger partial charge on any atom is 0.262 e. The molecule has 0 aliphatic carbocycles. The lowest BCUT2D eigenvalue weighted by molar-refractivity contribution is 0.0997. The second kappa shape index (κ2) is 6.74. The molecule has 2 aromatic carbocycles. The van der Waals surface area contributed by atoms with Gasteiger partial charge in [0, 0.05) is 24.9 Å². The lowest BCUT2D eigenvalue weighted by Crippen LogP contribution is -2.31. The molecule has 0 unspecified atom stereocenters. The van der Waals surface area contributed by atoms with E-state index in [0.717, 1.165) is 30.9 Å². The van der Waals surface area contributed by atoms with Gasteiger partial charge in [-0.15, -0.1) is 0 Å². The molecule has 0 radical (unpaired) electrons. The van der Waals surface area contributed by atoms with E-state index in [0.29, 0.717) is 15.6 Å². The maximum atomic E-state index is 13.1. The first-order valence-electron chi connectivity index (χ1n) is 8.47. The third-order valence-corrected chi connectivity index (χ3v) is 5.50. The van der Waals surface area contributed by atoms with Crippen molar-refractivity contribution >= 4 is 40.5 Å². The van der Waals surface area contributed by atoms with E-state index in [9.17, 15) is 4.79 Å². The Morgan fingerprint density at radius 2 is 1.80 bits per heavy atom. The van der Waals surface area contributed by atoms with Crippen LogP contribution in [0.5, 0.6) is 0 Å². The molecule has 2 aliphatic heterocycles. The number of carbonyl (C=O) groups is 1. The zero-order valence-electron chi connectivity index (χ0n) is 13.7. The molecule has 1 amide bonds. The molecule has 2 aromatic rings. The number of para-hydroxylation sites is 1. The summed E-state index contributed by atoms with van der Waals surface area (Å²) in [5.74, 6) is -0.0950. The van der Waals surface area contributed by atoms with Crippen LogP contribution >= 0.6 is 23.2 Å². The lowest BCUT2D eigenvalue weighted by Gasteiger charge is -2.31. The third-order valence-electron chi connectivity index (χ3n) is 4.76. The molecule has 0 saturated carbocycles. The predicted octanol–water partition coefficient (Wildman–Crippen LogP) is 5.31. The Morgan fingerprint density at radius 1 is 1.00 bits per heavy atom. The van der Waals surface area contributed by atoms with Crippen molar-refractivity contribution in [3.05, 3.63) is 69.8 Å². The van der Waals surface area contributed by atoms with E-state index in [2.05, 4.69) is 23.1 Å². The van der Waals surface area contributed by atoms with Crippen LogP contribution in [0.15, 0.2) is 48.7 Å². The number of anilines is 2. The Hall–Kier alpha value is -1.97. The second-order valence-corrected chi connectivity index (χ2v) is 7.19. The minimum Gasteiger partial charge on any atom is -0.370 e. The maximum absolute atomic E-state index is 13.1. The Morgan fingerprint density at radius 3 is 2.56 bits per heavy atom. The summed E-state index contributed by atoms with van der Waals surface area (Å²) in [5, 5.41) is 0.840. The van der Waals surface area contributed by atoms with E-state index in [1.165, 1.54) is 18.4 Å². The van der Waals surface area contributed by atoms with Gasteiger partial charge >= 0.3 is 0 Å². The molecule has 0 atom stereocenters. The zero-order chi connectivity index (χ0) is 17.4. The molecule has 0 aromatic heterocycles. The molecular weight excluding hydrogens is 355 g/mol. The van der Waals surface area contributed by atoms with E-state index < -0.39 is 0 Å². The summed E-state index contributed by atoms with van der Waals surface area (Å²) in [6, 6.07) is 11.3. The molecular formula is C20H18Cl2N2O. The average Bonchev–Trinajstić information content (AvgIpc) is 3.17. The molecule has 2 heterocycles. The standard InChI is InChI=1S/C20H18Cl2N2O/c21-16-9-8-15(13-17(16)22)20(25)24-12-4-6-14-5-3-7-18(19(14)24)23-10-1-2-11-23/h3-5,7-9,12-13H,1-2,6,10-11H2. The number of hydrogen-bond acceptors (Lipinski definition) is 2. The van der Waals surface area contributed by atoms with Gasteiger partial charge in [-0.1, -0.05) is 41.4 Å². The van der Waals surface area contributed by atoms with Crippen LogP contribution in [0.2, 0.25) is 10.0 Å². The summed E-state index contributed by atoms with van der Waals surface area (Å²) in [5.41, 5.74) is 3.82. The van der Waals surface area contributed by atoms with Crippen LogP contribution in [-0.4, -0.2) is 19.0 Å². The quantitative estimate of drug-likeness (QED) is 0.712. The molecule has 128 valence electrons. The van der Waals surface area contributed by atoms with Gasteiger partial charge in [-0.3, -0.25) is 9.69 Å². The van der Waals surface area contributed by atoms with E-state index >= 15 is 0 Å². The van der Waals surface area contributed by atoms with E-state index in [1.807, 2.05) is 12.3 Å². The normalized spacial score (nSPS) is 16.2. The molecule has 25 heavy (non-hydrogen) atoms. The fraction of sp³-hybridized carbons (Fsp3) is 0.250. The summed E-state index contributed by atoms with van der Waals surface area (Å²) in [6.07, 6.45) is 7.11. The van der Waals surface area contributed by atoms with Crippen LogP contribution in [-0.2, 0) is 6.42 Å². The third kappa shape index (κ3) is 3.03. The highest BCUT2D eigenvalue weighted by atomic mass is 35.5. The molecule has 2 aliphatic rings. The number of halogens is 2. The van der Waals surface area contributed by atoms with Crippen molar-refractivity contribution in [2.24, 2.45) is 0 Å². The number of amides is 1. The fourth-order valence-corrected chi connectivity index (χ4v) is 3.83. The molecule has 0 bridgehead atoms. The Kier molecular flexibility index (Phi) is 4.45. The summed E-state index contributed by atoms with van der Waals surface area (Å²) >= 11 is 12.1. The van der Waals surface area contributed by atoms with E-state index in [1.54, 1.807) is 23.1 Å². The van der Waals surface area contributed by atoms with Gasteiger partial charge in [0.05, 0.1) is 21.4 Å². The number of hydrogen-bond donors (Lipinski definition) is 0. The molecule has 3 nitrogen and oxygen atoms in total. The molecule has 4 rings (SSSR count).